The van der Waals surface area contributed by atoms with Gasteiger partial charge in [-0.05, 0) is 0 Å². The smallest absolute Gasteiger partial charge is 0.324 e. The fourth-order valence-electron chi connectivity index (χ4n) is 0.391. The Morgan fingerprint density at radius 3 is 2.86 bits per heavy atom. The van der Waals surface area contributed by atoms with Crippen LogP contribution in [0.25, 0.3) is 0 Å². The minimum absolute atomic E-state index is 0.332. The van der Waals surface area contributed by atoms with Gasteiger partial charge in [0.2, 0.25) is 0 Å². The molecule has 0 aromatic heterocycles. The molecule has 3 heteroatoms. The van der Waals surface area contributed by atoms with Crippen LogP contribution in [0.1, 0.15) is 0 Å². The summed E-state index contributed by atoms with van der Waals surface area (Å²) in [4.78, 5) is 10.2. The molecular weight excluding hydrogens is 115 g/mol. The summed E-state index contributed by atoms with van der Waals surface area (Å²) in [5, 5.41) is -0.500. The Kier molecular flexibility index (Phi) is 1.19. The van der Waals surface area contributed by atoms with Crippen molar-refractivity contribution < 1.29 is 9.53 Å². The quantitative estimate of drug-likeness (QED) is 0.340. The second-order valence-electron chi connectivity index (χ2n) is 1.27. The number of carbonyl (C=O) groups excluding carboxylic acids is 1. The summed E-state index contributed by atoms with van der Waals surface area (Å²) < 4.78 is 4.44. The zero-order chi connectivity index (χ0) is 5.28. The van der Waals surface area contributed by atoms with E-state index in [4.69, 9.17) is 11.6 Å². The molecule has 0 spiro atoms. The number of carbonyl (C=O) groups is 1. The van der Waals surface area contributed by atoms with Crippen LogP contribution in [0.2, 0.25) is 0 Å². The van der Waals surface area contributed by atoms with Crippen LogP contribution < -0.4 is 0 Å². The molecule has 1 heterocycles. The molecular formula is C4H4ClO2. The largest absolute Gasteiger partial charge is 0.464 e. The number of rotatable bonds is 0. The number of alkyl halides is 1. The highest BCUT2D eigenvalue weighted by Crippen LogP contribution is 2.10. The maximum Gasteiger partial charge on any atom is 0.324 e. The SMILES string of the molecule is O=C1OC[CH]C1Cl. The lowest BCUT2D eigenvalue weighted by Gasteiger charge is -1.86. The molecule has 0 bridgehead atoms. The second-order valence-corrected chi connectivity index (χ2v) is 1.74. The third-order valence-electron chi connectivity index (χ3n) is 0.754. The lowest BCUT2D eigenvalue weighted by molar-refractivity contribution is -0.137. The van der Waals surface area contributed by atoms with Crippen LogP contribution in [0.5, 0.6) is 0 Å². The normalized spacial score (nSPS) is 30.4. The van der Waals surface area contributed by atoms with Gasteiger partial charge in [-0.1, -0.05) is 0 Å². The Morgan fingerprint density at radius 2 is 2.71 bits per heavy atom. The summed E-state index contributed by atoms with van der Waals surface area (Å²) in [6.07, 6.45) is 1.61. The molecule has 1 atom stereocenters. The molecule has 0 amide bonds. The van der Waals surface area contributed by atoms with Crippen LogP contribution in [0.3, 0.4) is 0 Å². The minimum Gasteiger partial charge on any atom is -0.464 e. The molecule has 1 unspecified atom stereocenters. The van der Waals surface area contributed by atoms with Gasteiger partial charge in [-0.15, -0.1) is 11.6 Å². The van der Waals surface area contributed by atoms with Gasteiger partial charge in [-0.3, -0.25) is 4.79 Å². The average Bonchev–Trinajstić information content (AvgIpc) is 1.91. The van der Waals surface area contributed by atoms with Gasteiger partial charge in [-0.25, -0.2) is 0 Å². The summed E-state index contributed by atoms with van der Waals surface area (Å²) in [5.74, 6) is -0.332. The third-order valence-corrected chi connectivity index (χ3v) is 1.11. The van der Waals surface area contributed by atoms with Crippen molar-refractivity contribution in [2.75, 3.05) is 6.61 Å². The average molecular weight is 120 g/mol. The topological polar surface area (TPSA) is 26.3 Å². The molecule has 1 saturated heterocycles. The summed E-state index contributed by atoms with van der Waals surface area (Å²) in [7, 11) is 0. The van der Waals surface area contributed by atoms with E-state index in [2.05, 4.69) is 4.74 Å². The van der Waals surface area contributed by atoms with Gasteiger partial charge in [0.1, 0.15) is 5.38 Å². The predicted molar refractivity (Wildman–Crippen MR) is 24.9 cm³/mol. The molecule has 2 nitrogen and oxygen atoms in total. The van der Waals surface area contributed by atoms with E-state index in [1.807, 2.05) is 0 Å². The molecule has 1 fully saturated rings. The van der Waals surface area contributed by atoms with Gasteiger partial charge >= 0.3 is 5.97 Å². The first-order valence-corrected chi connectivity index (χ1v) is 2.38. The van der Waals surface area contributed by atoms with Gasteiger partial charge in [-0.2, -0.15) is 0 Å². The molecule has 7 heavy (non-hydrogen) atoms. The Labute approximate surface area is 46.4 Å². The minimum atomic E-state index is -0.500. The summed E-state index contributed by atoms with van der Waals surface area (Å²) in [6.45, 7) is 0.368. The van der Waals surface area contributed by atoms with Crippen LogP contribution in [-0.2, 0) is 9.53 Å². The number of halogens is 1. The molecule has 0 N–H and O–H groups in total. The molecule has 1 rings (SSSR count). The van der Waals surface area contributed by atoms with E-state index < -0.39 is 5.38 Å². The monoisotopic (exact) mass is 119 g/mol. The van der Waals surface area contributed by atoms with Gasteiger partial charge < -0.3 is 4.74 Å². The maximum absolute atomic E-state index is 10.2. The van der Waals surface area contributed by atoms with Crippen molar-refractivity contribution in [1.82, 2.24) is 0 Å². The van der Waals surface area contributed by atoms with Crippen molar-refractivity contribution in [3.05, 3.63) is 6.42 Å². The van der Waals surface area contributed by atoms with Crippen molar-refractivity contribution in [2.24, 2.45) is 0 Å². The van der Waals surface area contributed by atoms with E-state index in [9.17, 15) is 4.79 Å². The van der Waals surface area contributed by atoms with Crippen molar-refractivity contribution >= 4 is 17.6 Å². The lowest BCUT2D eigenvalue weighted by Crippen LogP contribution is -2.04. The maximum atomic E-state index is 10.2. The van der Waals surface area contributed by atoms with Gasteiger partial charge in [0.25, 0.3) is 0 Å². The zero-order valence-electron chi connectivity index (χ0n) is 3.56. The standard InChI is InChI=1S/C4H4ClO2/c5-3-1-2-7-4(3)6/h1,3H,2H2. The molecule has 1 aliphatic rings. The Bertz CT molecular complexity index is 91.7. The van der Waals surface area contributed by atoms with Crippen molar-refractivity contribution in [3.8, 4) is 0 Å². The first kappa shape index (κ1) is 4.91. The van der Waals surface area contributed by atoms with Crippen LogP contribution in [-0.4, -0.2) is 18.0 Å². The highest BCUT2D eigenvalue weighted by atomic mass is 35.5. The molecule has 0 saturated carbocycles. The summed E-state index contributed by atoms with van der Waals surface area (Å²) in [6, 6.07) is 0. The molecule has 0 aliphatic carbocycles. The van der Waals surface area contributed by atoms with Crippen molar-refractivity contribution in [2.45, 2.75) is 5.38 Å². The molecule has 1 aliphatic heterocycles. The first-order chi connectivity index (χ1) is 3.30. The highest BCUT2D eigenvalue weighted by molar-refractivity contribution is 6.31. The molecule has 0 aromatic carbocycles. The molecule has 39 valence electrons. The first-order valence-electron chi connectivity index (χ1n) is 1.95. The number of ether oxygens (including phenoxy) is 1. The Balaban J connectivity index is 2.48. The lowest BCUT2D eigenvalue weighted by atomic mass is 10.4. The number of esters is 1. The van der Waals surface area contributed by atoms with Crippen molar-refractivity contribution in [1.29, 1.82) is 0 Å². The second kappa shape index (κ2) is 1.70. The fraction of sp³-hybridized carbons (Fsp3) is 0.500. The van der Waals surface area contributed by atoms with E-state index in [-0.39, 0.29) is 5.97 Å². The number of cyclic esters (lactones) is 1. The van der Waals surface area contributed by atoms with E-state index in [0.29, 0.717) is 6.61 Å². The van der Waals surface area contributed by atoms with Crippen molar-refractivity contribution in [3.63, 3.8) is 0 Å². The Hall–Kier alpha value is -0.240. The van der Waals surface area contributed by atoms with Gasteiger partial charge in [0, 0.05) is 6.42 Å². The predicted octanol–water partition coefficient (Wildman–Crippen LogP) is 0.355. The number of hydrogen-bond acceptors (Lipinski definition) is 2. The Morgan fingerprint density at radius 1 is 2.00 bits per heavy atom. The molecule has 1 radical (unpaired) electrons. The fourth-order valence-corrected chi connectivity index (χ4v) is 0.526. The van der Waals surface area contributed by atoms with Crippen LogP contribution >= 0.6 is 11.6 Å². The summed E-state index contributed by atoms with van der Waals surface area (Å²) >= 11 is 5.33. The zero-order valence-corrected chi connectivity index (χ0v) is 4.31. The van der Waals surface area contributed by atoms with Gasteiger partial charge in [0.15, 0.2) is 0 Å². The highest BCUT2D eigenvalue weighted by Gasteiger charge is 2.23. The number of hydrogen-bond donors (Lipinski definition) is 0. The van der Waals surface area contributed by atoms with Crippen LogP contribution in [0, 0.1) is 6.42 Å². The van der Waals surface area contributed by atoms with E-state index in [0.717, 1.165) is 0 Å². The van der Waals surface area contributed by atoms with E-state index in [1.54, 1.807) is 6.42 Å². The third kappa shape index (κ3) is 0.855. The van der Waals surface area contributed by atoms with Gasteiger partial charge in [0.05, 0.1) is 6.61 Å². The van der Waals surface area contributed by atoms with Crippen LogP contribution in [0.4, 0.5) is 0 Å². The summed E-state index contributed by atoms with van der Waals surface area (Å²) in [5.41, 5.74) is 0. The van der Waals surface area contributed by atoms with E-state index >= 15 is 0 Å². The van der Waals surface area contributed by atoms with E-state index in [1.165, 1.54) is 0 Å². The van der Waals surface area contributed by atoms with Crippen LogP contribution in [0.15, 0.2) is 0 Å². The molecule has 0 aromatic rings.